The standard InChI is InChI=1S/C21H31FN4O2/c22-19-14-16(15-26-11-6-17(7-12-26)20(23)27)4-5-18(19)21(28)24-8-13-25-9-2-1-3-10-25/h4-5,14,17H,1-3,6-13,15H2,(H2,23,27)(H,24,28). The highest BCUT2D eigenvalue weighted by Crippen LogP contribution is 2.19. The Labute approximate surface area is 166 Å². The number of benzene rings is 1. The third-order valence-electron chi connectivity index (χ3n) is 5.84. The van der Waals surface area contributed by atoms with E-state index in [0.29, 0.717) is 13.1 Å². The first-order valence-corrected chi connectivity index (χ1v) is 10.3. The number of halogens is 1. The molecule has 2 aliphatic rings. The summed E-state index contributed by atoms with van der Waals surface area (Å²) in [5.41, 5.74) is 6.29. The van der Waals surface area contributed by atoms with Gasteiger partial charge in [-0.2, -0.15) is 0 Å². The lowest BCUT2D eigenvalue weighted by molar-refractivity contribution is -0.123. The van der Waals surface area contributed by atoms with Gasteiger partial charge < -0.3 is 16.0 Å². The first kappa shape index (κ1) is 20.7. The molecule has 1 aromatic rings. The van der Waals surface area contributed by atoms with Crippen molar-refractivity contribution in [3.05, 3.63) is 35.1 Å². The molecule has 2 saturated heterocycles. The zero-order chi connectivity index (χ0) is 19.9. The summed E-state index contributed by atoms with van der Waals surface area (Å²) in [5, 5.41) is 2.83. The molecule has 1 aromatic carbocycles. The summed E-state index contributed by atoms with van der Waals surface area (Å²) in [6.45, 7) is 5.66. The zero-order valence-corrected chi connectivity index (χ0v) is 16.5. The number of hydrogen-bond acceptors (Lipinski definition) is 4. The Morgan fingerprint density at radius 1 is 1.07 bits per heavy atom. The number of nitrogens with one attached hydrogen (secondary N) is 1. The van der Waals surface area contributed by atoms with Gasteiger partial charge in [0.1, 0.15) is 5.82 Å². The summed E-state index contributed by atoms with van der Waals surface area (Å²) in [5.74, 6) is -1.13. The summed E-state index contributed by atoms with van der Waals surface area (Å²) >= 11 is 0. The molecule has 3 N–H and O–H groups in total. The van der Waals surface area contributed by atoms with Gasteiger partial charge in [0.05, 0.1) is 5.56 Å². The van der Waals surface area contributed by atoms with E-state index >= 15 is 0 Å². The molecular weight excluding hydrogens is 359 g/mol. The fraction of sp³-hybridized carbons (Fsp3) is 0.619. The van der Waals surface area contributed by atoms with E-state index in [1.165, 1.54) is 25.3 Å². The van der Waals surface area contributed by atoms with Crippen molar-refractivity contribution in [3.8, 4) is 0 Å². The summed E-state index contributed by atoms with van der Waals surface area (Å²) in [4.78, 5) is 28.1. The van der Waals surface area contributed by atoms with Crippen molar-refractivity contribution >= 4 is 11.8 Å². The van der Waals surface area contributed by atoms with Crippen LogP contribution in [0.4, 0.5) is 4.39 Å². The molecule has 154 valence electrons. The van der Waals surface area contributed by atoms with Gasteiger partial charge in [0.2, 0.25) is 5.91 Å². The number of piperidine rings is 2. The van der Waals surface area contributed by atoms with Crippen LogP contribution in [-0.4, -0.2) is 60.9 Å². The molecule has 0 aromatic heterocycles. The fourth-order valence-corrected chi connectivity index (χ4v) is 4.08. The molecule has 0 radical (unpaired) electrons. The summed E-state index contributed by atoms with van der Waals surface area (Å²) < 4.78 is 14.5. The van der Waals surface area contributed by atoms with Gasteiger partial charge in [0.25, 0.3) is 5.91 Å². The molecule has 6 nitrogen and oxygen atoms in total. The monoisotopic (exact) mass is 390 g/mol. The fourth-order valence-electron chi connectivity index (χ4n) is 4.08. The first-order chi connectivity index (χ1) is 13.5. The maximum absolute atomic E-state index is 14.5. The Morgan fingerprint density at radius 2 is 1.79 bits per heavy atom. The highest BCUT2D eigenvalue weighted by atomic mass is 19.1. The third-order valence-corrected chi connectivity index (χ3v) is 5.84. The largest absolute Gasteiger partial charge is 0.369 e. The molecule has 0 atom stereocenters. The van der Waals surface area contributed by atoms with Crippen LogP contribution in [0, 0.1) is 11.7 Å². The van der Waals surface area contributed by atoms with Gasteiger partial charge in [0.15, 0.2) is 0 Å². The lowest BCUT2D eigenvalue weighted by Gasteiger charge is -2.30. The Balaban J connectivity index is 1.46. The van der Waals surface area contributed by atoms with Crippen molar-refractivity contribution in [1.29, 1.82) is 0 Å². The smallest absolute Gasteiger partial charge is 0.254 e. The van der Waals surface area contributed by atoms with Crippen molar-refractivity contribution in [2.75, 3.05) is 39.3 Å². The number of carbonyl (C=O) groups excluding carboxylic acids is 2. The number of carbonyl (C=O) groups is 2. The molecule has 7 heteroatoms. The van der Waals surface area contributed by atoms with E-state index in [1.807, 2.05) is 6.07 Å². The number of amides is 2. The van der Waals surface area contributed by atoms with Crippen LogP contribution in [0.1, 0.15) is 48.0 Å². The molecule has 3 rings (SSSR count). The summed E-state index contributed by atoms with van der Waals surface area (Å²) in [6.07, 6.45) is 5.20. The van der Waals surface area contributed by atoms with Crippen molar-refractivity contribution in [2.45, 2.75) is 38.6 Å². The van der Waals surface area contributed by atoms with Crippen LogP contribution in [0.5, 0.6) is 0 Å². The van der Waals surface area contributed by atoms with Crippen LogP contribution in [0.25, 0.3) is 0 Å². The molecule has 28 heavy (non-hydrogen) atoms. The molecule has 0 spiro atoms. The van der Waals surface area contributed by atoms with Gasteiger partial charge in [-0.1, -0.05) is 12.5 Å². The van der Waals surface area contributed by atoms with Gasteiger partial charge in [-0.25, -0.2) is 4.39 Å². The molecule has 0 bridgehead atoms. The Bertz CT molecular complexity index is 683. The molecule has 2 heterocycles. The second kappa shape index (κ2) is 9.98. The number of rotatable bonds is 7. The van der Waals surface area contributed by atoms with Gasteiger partial charge in [0, 0.05) is 25.6 Å². The molecular formula is C21H31FN4O2. The maximum atomic E-state index is 14.5. The van der Waals surface area contributed by atoms with Gasteiger partial charge in [-0.3, -0.25) is 14.5 Å². The number of nitrogens with zero attached hydrogens (tertiary/aromatic N) is 2. The van der Waals surface area contributed by atoms with Crippen LogP contribution in [0.15, 0.2) is 18.2 Å². The van der Waals surface area contributed by atoms with Crippen LogP contribution in [0.3, 0.4) is 0 Å². The Morgan fingerprint density at radius 3 is 2.43 bits per heavy atom. The van der Waals surface area contributed by atoms with E-state index in [1.54, 1.807) is 6.07 Å². The number of nitrogens with two attached hydrogens (primary N) is 1. The van der Waals surface area contributed by atoms with Crippen LogP contribution in [0.2, 0.25) is 0 Å². The third kappa shape index (κ3) is 5.75. The lowest BCUT2D eigenvalue weighted by Crippen LogP contribution is -2.38. The van der Waals surface area contributed by atoms with Crippen molar-refractivity contribution in [2.24, 2.45) is 11.7 Å². The van der Waals surface area contributed by atoms with E-state index in [-0.39, 0.29) is 23.3 Å². The maximum Gasteiger partial charge on any atom is 0.254 e. The predicted molar refractivity (Wildman–Crippen MR) is 106 cm³/mol. The number of hydrogen-bond donors (Lipinski definition) is 2. The average Bonchev–Trinajstić information content (AvgIpc) is 2.69. The van der Waals surface area contributed by atoms with E-state index in [2.05, 4.69) is 15.1 Å². The summed E-state index contributed by atoms with van der Waals surface area (Å²) in [6, 6.07) is 4.82. The van der Waals surface area contributed by atoms with E-state index < -0.39 is 5.82 Å². The van der Waals surface area contributed by atoms with Crippen molar-refractivity contribution in [3.63, 3.8) is 0 Å². The minimum Gasteiger partial charge on any atom is -0.369 e. The number of primary amides is 1. The molecule has 2 aliphatic heterocycles. The lowest BCUT2D eigenvalue weighted by atomic mass is 9.96. The highest BCUT2D eigenvalue weighted by molar-refractivity contribution is 5.94. The highest BCUT2D eigenvalue weighted by Gasteiger charge is 2.23. The Hall–Kier alpha value is -1.99. The van der Waals surface area contributed by atoms with E-state index in [4.69, 9.17) is 5.73 Å². The van der Waals surface area contributed by atoms with Gasteiger partial charge in [-0.05, 0) is 69.6 Å². The SMILES string of the molecule is NC(=O)C1CCN(Cc2ccc(C(=O)NCCN3CCCCC3)c(F)c2)CC1. The van der Waals surface area contributed by atoms with E-state index in [0.717, 1.165) is 51.1 Å². The average molecular weight is 391 g/mol. The molecule has 2 fully saturated rings. The number of likely N-dealkylation sites (tertiary alicyclic amines) is 2. The normalized spacial score (nSPS) is 19.5. The topological polar surface area (TPSA) is 78.7 Å². The first-order valence-electron chi connectivity index (χ1n) is 10.3. The minimum atomic E-state index is -0.486. The van der Waals surface area contributed by atoms with Gasteiger partial charge >= 0.3 is 0 Å². The minimum absolute atomic E-state index is 0.0519. The molecule has 0 unspecified atom stereocenters. The summed E-state index contributed by atoms with van der Waals surface area (Å²) in [7, 11) is 0. The van der Waals surface area contributed by atoms with Gasteiger partial charge in [-0.15, -0.1) is 0 Å². The van der Waals surface area contributed by atoms with E-state index in [9.17, 15) is 14.0 Å². The molecule has 2 amide bonds. The van der Waals surface area contributed by atoms with Crippen LogP contribution >= 0.6 is 0 Å². The second-order valence-electron chi connectivity index (χ2n) is 7.93. The Kier molecular flexibility index (Phi) is 7.39. The second-order valence-corrected chi connectivity index (χ2v) is 7.93. The van der Waals surface area contributed by atoms with Crippen molar-refractivity contribution < 1.29 is 14.0 Å². The predicted octanol–water partition coefficient (Wildman–Crippen LogP) is 1.74. The van der Waals surface area contributed by atoms with Crippen LogP contribution in [-0.2, 0) is 11.3 Å². The van der Waals surface area contributed by atoms with Crippen molar-refractivity contribution in [1.82, 2.24) is 15.1 Å². The molecule has 0 saturated carbocycles. The quantitative estimate of drug-likeness (QED) is 0.743. The van der Waals surface area contributed by atoms with Crippen LogP contribution < -0.4 is 11.1 Å². The molecule has 0 aliphatic carbocycles. The zero-order valence-electron chi connectivity index (χ0n) is 16.5.